The summed E-state index contributed by atoms with van der Waals surface area (Å²) >= 11 is 6.16. The molecule has 0 aromatic heterocycles. The molecular weight excluding hydrogens is 286 g/mol. The van der Waals surface area contributed by atoms with Crippen molar-refractivity contribution in [2.24, 2.45) is 11.3 Å². The summed E-state index contributed by atoms with van der Waals surface area (Å²) in [4.78, 5) is 0. The molecule has 1 fully saturated rings. The topological polar surface area (TPSA) is 30.5 Å². The molecule has 2 unspecified atom stereocenters. The Labute approximate surface area is 133 Å². The van der Waals surface area contributed by atoms with Crippen LogP contribution in [-0.4, -0.2) is 20.3 Å². The normalized spacial score (nSPS) is 24.5. The molecule has 1 aromatic rings. The fourth-order valence-corrected chi connectivity index (χ4v) is 3.88. The first-order valence-electron chi connectivity index (χ1n) is 7.52. The van der Waals surface area contributed by atoms with Crippen LogP contribution in [0.15, 0.2) is 12.1 Å². The second kappa shape index (κ2) is 6.35. The van der Waals surface area contributed by atoms with E-state index < -0.39 is 0 Å². The Kier molecular flexibility index (Phi) is 4.92. The quantitative estimate of drug-likeness (QED) is 0.850. The Morgan fingerprint density at radius 1 is 1.14 bits per heavy atom. The Bertz CT molecular complexity index is 502. The summed E-state index contributed by atoms with van der Waals surface area (Å²) in [7, 11) is 3.29. The van der Waals surface area contributed by atoms with Gasteiger partial charge in [-0.15, -0.1) is 0 Å². The van der Waals surface area contributed by atoms with Crippen molar-refractivity contribution >= 4 is 17.3 Å². The van der Waals surface area contributed by atoms with E-state index >= 15 is 0 Å². The number of methoxy groups -OCH3 is 2. The fraction of sp³-hybridized carbons (Fsp3) is 0.647. The Morgan fingerprint density at radius 2 is 1.81 bits per heavy atom. The van der Waals surface area contributed by atoms with Gasteiger partial charge in [-0.05, 0) is 30.6 Å². The van der Waals surface area contributed by atoms with E-state index in [-0.39, 0.29) is 0 Å². The molecule has 0 bridgehead atoms. The zero-order chi connectivity index (χ0) is 15.6. The Balaban J connectivity index is 2.22. The van der Waals surface area contributed by atoms with Crippen molar-refractivity contribution in [3.63, 3.8) is 0 Å². The summed E-state index contributed by atoms with van der Waals surface area (Å²) in [6.45, 7) is 7.02. The van der Waals surface area contributed by atoms with Crippen molar-refractivity contribution < 1.29 is 9.47 Å². The molecule has 0 amide bonds. The van der Waals surface area contributed by atoms with Gasteiger partial charge in [-0.3, -0.25) is 0 Å². The molecule has 1 N–H and O–H groups in total. The first kappa shape index (κ1) is 16.3. The van der Waals surface area contributed by atoms with E-state index in [0.29, 0.717) is 22.2 Å². The van der Waals surface area contributed by atoms with Crippen molar-refractivity contribution in [1.29, 1.82) is 0 Å². The van der Waals surface area contributed by atoms with Gasteiger partial charge in [0.25, 0.3) is 0 Å². The first-order valence-corrected chi connectivity index (χ1v) is 7.90. The number of nitrogens with one attached hydrogen (secondary N) is 1. The van der Waals surface area contributed by atoms with Crippen molar-refractivity contribution in [2.45, 2.75) is 46.1 Å². The standard InChI is InChI=1S/C17H26ClNO2/c1-11-6-12(10-17(2,3)9-11)19-14-8-15(20-4)13(18)7-16(14)21-5/h7-8,11-12,19H,6,9-10H2,1-5H3. The maximum absolute atomic E-state index is 6.16. The highest BCUT2D eigenvalue weighted by Crippen LogP contribution is 2.42. The average molecular weight is 312 g/mol. The first-order chi connectivity index (χ1) is 9.84. The summed E-state index contributed by atoms with van der Waals surface area (Å²) in [5.41, 5.74) is 1.33. The summed E-state index contributed by atoms with van der Waals surface area (Å²) in [6.07, 6.45) is 3.62. The SMILES string of the molecule is COc1cc(NC2CC(C)CC(C)(C)C2)c(OC)cc1Cl. The van der Waals surface area contributed by atoms with Gasteiger partial charge in [-0.1, -0.05) is 32.4 Å². The molecule has 1 aliphatic rings. The molecule has 4 heteroatoms. The summed E-state index contributed by atoms with van der Waals surface area (Å²) in [5, 5.41) is 4.19. The van der Waals surface area contributed by atoms with Crippen LogP contribution in [0.4, 0.5) is 5.69 Å². The lowest BCUT2D eigenvalue weighted by molar-refractivity contribution is 0.177. The van der Waals surface area contributed by atoms with E-state index in [0.717, 1.165) is 23.8 Å². The van der Waals surface area contributed by atoms with E-state index in [1.54, 1.807) is 20.3 Å². The van der Waals surface area contributed by atoms with Crippen molar-refractivity contribution in [1.82, 2.24) is 0 Å². The van der Waals surface area contributed by atoms with Crippen molar-refractivity contribution in [2.75, 3.05) is 19.5 Å². The molecule has 0 aliphatic heterocycles. The average Bonchev–Trinajstić information content (AvgIpc) is 2.37. The highest BCUT2D eigenvalue weighted by atomic mass is 35.5. The molecule has 0 saturated heterocycles. The van der Waals surface area contributed by atoms with Gasteiger partial charge in [0, 0.05) is 18.2 Å². The molecule has 0 spiro atoms. The zero-order valence-electron chi connectivity index (χ0n) is 13.6. The third-order valence-corrected chi connectivity index (χ3v) is 4.52. The minimum absolute atomic E-state index is 0.374. The van der Waals surface area contributed by atoms with Crippen LogP contribution < -0.4 is 14.8 Å². The molecule has 2 rings (SSSR count). The van der Waals surface area contributed by atoms with E-state index in [1.165, 1.54) is 12.8 Å². The van der Waals surface area contributed by atoms with Crippen LogP contribution in [0.3, 0.4) is 0 Å². The lowest BCUT2D eigenvalue weighted by Gasteiger charge is -2.39. The highest BCUT2D eigenvalue weighted by molar-refractivity contribution is 6.32. The molecular formula is C17H26ClNO2. The number of rotatable bonds is 4. The van der Waals surface area contributed by atoms with Crippen molar-refractivity contribution in [3.05, 3.63) is 17.2 Å². The molecule has 21 heavy (non-hydrogen) atoms. The largest absolute Gasteiger partial charge is 0.495 e. The van der Waals surface area contributed by atoms with Crippen LogP contribution in [0.1, 0.15) is 40.0 Å². The second-order valence-electron chi connectivity index (χ2n) is 6.94. The van der Waals surface area contributed by atoms with Crippen LogP contribution in [-0.2, 0) is 0 Å². The number of halogens is 1. The van der Waals surface area contributed by atoms with Crippen LogP contribution in [0.25, 0.3) is 0 Å². The van der Waals surface area contributed by atoms with Crippen LogP contribution in [0.2, 0.25) is 5.02 Å². The zero-order valence-corrected chi connectivity index (χ0v) is 14.4. The van der Waals surface area contributed by atoms with E-state index in [2.05, 4.69) is 26.1 Å². The molecule has 3 nitrogen and oxygen atoms in total. The molecule has 0 radical (unpaired) electrons. The smallest absolute Gasteiger partial charge is 0.143 e. The number of hydrogen-bond acceptors (Lipinski definition) is 3. The number of anilines is 1. The highest BCUT2D eigenvalue weighted by Gasteiger charge is 2.32. The van der Waals surface area contributed by atoms with Gasteiger partial charge >= 0.3 is 0 Å². The Hall–Kier alpha value is -1.09. The number of benzene rings is 1. The van der Waals surface area contributed by atoms with Gasteiger partial charge in [0.2, 0.25) is 0 Å². The molecule has 118 valence electrons. The van der Waals surface area contributed by atoms with E-state index in [4.69, 9.17) is 21.1 Å². The van der Waals surface area contributed by atoms with Gasteiger partial charge in [0.1, 0.15) is 11.5 Å². The van der Waals surface area contributed by atoms with Gasteiger partial charge in [-0.2, -0.15) is 0 Å². The lowest BCUT2D eigenvalue weighted by Crippen LogP contribution is -2.35. The van der Waals surface area contributed by atoms with E-state index in [1.807, 2.05) is 6.07 Å². The van der Waals surface area contributed by atoms with Gasteiger partial charge in [0.15, 0.2) is 0 Å². The second-order valence-corrected chi connectivity index (χ2v) is 7.35. The van der Waals surface area contributed by atoms with Crippen LogP contribution in [0.5, 0.6) is 11.5 Å². The summed E-state index contributed by atoms with van der Waals surface area (Å²) < 4.78 is 10.8. The third kappa shape index (κ3) is 3.97. The fourth-order valence-electron chi connectivity index (χ4n) is 3.65. The monoisotopic (exact) mass is 311 g/mol. The van der Waals surface area contributed by atoms with Crippen molar-refractivity contribution in [3.8, 4) is 11.5 Å². The molecule has 0 heterocycles. The lowest BCUT2D eigenvalue weighted by atomic mass is 9.70. The maximum Gasteiger partial charge on any atom is 0.143 e. The minimum atomic E-state index is 0.374. The predicted octanol–water partition coefficient (Wildman–Crippen LogP) is 4.98. The van der Waals surface area contributed by atoms with Gasteiger partial charge in [0.05, 0.1) is 24.9 Å². The maximum atomic E-state index is 6.16. The predicted molar refractivity (Wildman–Crippen MR) is 88.8 cm³/mol. The minimum Gasteiger partial charge on any atom is -0.495 e. The summed E-state index contributed by atoms with van der Waals surface area (Å²) in [6, 6.07) is 4.18. The van der Waals surface area contributed by atoms with Gasteiger partial charge in [-0.25, -0.2) is 0 Å². The number of ether oxygens (including phenoxy) is 2. The molecule has 2 atom stereocenters. The molecule has 1 aliphatic carbocycles. The van der Waals surface area contributed by atoms with Crippen LogP contribution in [0, 0.1) is 11.3 Å². The summed E-state index contributed by atoms with van der Waals surface area (Å²) in [5.74, 6) is 2.16. The van der Waals surface area contributed by atoms with Gasteiger partial charge < -0.3 is 14.8 Å². The third-order valence-electron chi connectivity index (χ3n) is 4.22. The molecule has 1 saturated carbocycles. The van der Waals surface area contributed by atoms with E-state index in [9.17, 15) is 0 Å². The number of hydrogen-bond donors (Lipinski definition) is 1. The van der Waals surface area contributed by atoms with Crippen LogP contribution >= 0.6 is 11.6 Å². The Morgan fingerprint density at radius 3 is 2.38 bits per heavy atom. The molecule has 1 aromatic carbocycles.